The average molecular weight is 271 g/mol. The van der Waals surface area contributed by atoms with E-state index in [0.29, 0.717) is 23.0 Å². The Labute approximate surface area is 114 Å². The number of H-pyrrole nitrogens is 1. The van der Waals surface area contributed by atoms with Gasteiger partial charge in [0.05, 0.1) is 12.1 Å². The van der Waals surface area contributed by atoms with Crippen LogP contribution in [0.2, 0.25) is 0 Å². The number of anilines is 1. The summed E-state index contributed by atoms with van der Waals surface area (Å²) >= 11 is 0. The van der Waals surface area contributed by atoms with Gasteiger partial charge in [-0.15, -0.1) is 0 Å². The summed E-state index contributed by atoms with van der Waals surface area (Å²) in [6.07, 6.45) is 1.65. The molecule has 0 aliphatic carbocycles. The van der Waals surface area contributed by atoms with Gasteiger partial charge in [0.1, 0.15) is 0 Å². The molecule has 0 spiro atoms. The molecule has 0 saturated carbocycles. The second kappa shape index (κ2) is 4.69. The van der Waals surface area contributed by atoms with Crippen LogP contribution in [0.25, 0.3) is 10.9 Å². The highest BCUT2D eigenvalue weighted by atomic mass is 16.5. The molecule has 1 aromatic carbocycles. The fourth-order valence-corrected chi connectivity index (χ4v) is 1.99. The lowest BCUT2D eigenvalue weighted by Gasteiger charge is -2.01. The summed E-state index contributed by atoms with van der Waals surface area (Å²) in [4.78, 5) is 19.2. The molecule has 0 bridgehead atoms. The number of aromatic amines is 1. The van der Waals surface area contributed by atoms with Crippen molar-refractivity contribution in [3.63, 3.8) is 0 Å². The van der Waals surface area contributed by atoms with Gasteiger partial charge >= 0.3 is 0 Å². The predicted molar refractivity (Wildman–Crippen MR) is 72.9 cm³/mol. The molecule has 7 nitrogen and oxygen atoms in total. The molecule has 1 amide bonds. The number of nitrogens with two attached hydrogens (primary N) is 1. The topological polar surface area (TPSA) is 110 Å². The zero-order valence-corrected chi connectivity index (χ0v) is 10.8. The number of carbonyl (C=O) groups is 1. The highest BCUT2D eigenvalue weighted by Crippen LogP contribution is 2.20. The number of benzene rings is 1. The summed E-state index contributed by atoms with van der Waals surface area (Å²) in [6.45, 7) is 1.91. The molecule has 3 rings (SSSR count). The maximum absolute atomic E-state index is 12.1. The Morgan fingerprint density at radius 2 is 2.35 bits per heavy atom. The van der Waals surface area contributed by atoms with Gasteiger partial charge in [0.2, 0.25) is 5.89 Å². The van der Waals surface area contributed by atoms with E-state index in [9.17, 15) is 4.79 Å². The number of nitrogens with one attached hydrogen (secondary N) is 2. The largest absolute Gasteiger partial charge is 0.399 e. The maximum atomic E-state index is 12.1. The zero-order valence-electron chi connectivity index (χ0n) is 10.8. The van der Waals surface area contributed by atoms with Crippen molar-refractivity contribution in [2.24, 2.45) is 0 Å². The smallest absolute Gasteiger partial charge is 0.253 e. The van der Waals surface area contributed by atoms with Crippen LogP contribution in [0.3, 0.4) is 0 Å². The number of hydrogen-bond donors (Lipinski definition) is 3. The van der Waals surface area contributed by atoms with Gasteiger partial charge in [-0.25, -0.2) is 0 Å². The lowest BCUT2D eigenvalue weighted by molar-refractivity contribution is 0.0948. The molecule has 0 aliphatic heterocycles. The molecule has 4 N–H and O–H groups in total. The van der Waals surface area contributed by atoms with Gasteiger partial charge in [-0.05, 0) is 25.1 Å². The number of hydrogen-bond acceptors (Lipinski definition) is 5. The van der Waals surface area contributed by atoms with Crippen LogP contribution < -0.4 is 11.1 Å². The van der Waals surface area contributed by atoms with Gasteiger partial charge in [0, 0.05) is 22.8 Å². The Hall–Kier alpha value is -2.83. The fourth-order valence-electron chi connectivity index (χ4n) is 1.99. The molecular weight excluding hydrogens is 258 g/mol. The SMILES string of the molecule is Cc1noc(CNC(=O)c2c[nH]c3ccc(N)cc23)n1. The molecule has 0 fully saturated rings. The van der Waals surface area contributed by atoms with Crippen LogP contribution in [-0.4, -0.2) is 21.0 Å². The Balaban J connectivity index is 1.80. The third kappa shape index (κ3) is 2.20. The summed E-state index contributed by atoms with van der Waals surface area (Å²) in [5, 5.41) is 7.17. The minimum Gasteiger partial charge on any atom is -0.399 e. The second-order valence-electron chi connectivity index (χ2n) is 4.43. The summed E-state index contributed by atoms with van der Waals surface area (Å²) in [7, 11) is 0. The standard InChI is InChI=1S/C13H13N5O2/c1-7-17-12(20-18-7)6-16-13(19)10-5-15-11-3-2-8(14)4-9(10)11/h2-5,15H,6,14H2,1H3,(H,16,19). The first-order valence-corrected chi connectivity index (χ1v) is 6.07. The number of aryl methyl sites for hydroxylation is 1. The molecule has 0 radical (unpaired) electrons. The van der Waals surface area contributed by atoms with Crippen molar-refractivity contribution in [3.05, 3.63) is 41.7 Å². The molecule has 2 heterocycles. The van der Waals surface area contributed by atoms with Crippen LogP contribution in [0.4, 0.5) is 5.69 Å². The number of carbonyl (C=O) groups excluding carboxylic acids is 1. The number of nitrogen functional groups attached to an aromatic ring is 1. The number of nitrogens with zero attached hydrogens (tertiary/aromatic N) is 2. The normalized spacial score (nSPS) is 10.8. The van der Waals surface area contributed by atoms with Crippen molar-refractivity contribution in [2.75, 3.05) is 5.73 Å². The third-order valence-corrected chi connectivity index (χ3v) is 2.92. The van der Waals surface area contributed by atoms with Gasteiger partial charge in [-0.3, -0.25) is 4.79 Å². The van der Waals surface area contributed by atoms with Crippen molar-refractivity contribution in [1.29, 1.82) is 0 Å². The Morgan fingerprint density at radius 1 is 1.50 bits per heavy atom. The van der Waals surface area contributed by atoms with E-state index in [4.69, 9.17) is 10.3 Å². The first kappa shape index (κ1) is 12.2. The minimum absolute atomic E-state index is 0.189. The number of fused-ring (bicyclic) bond motifs is 1. The van der Waals surface area contributed by atoms with Crippen molar-refractivity contribution in [2.45, 2.75) is 13.5 Å². The summed E-state index contributed by atoms with van der Waals surface area (Å²) < 4.78 is 4.93. The van der Waals surface area contributed by atoms with Crippen LogP contribution >= 0.6 is 0 Å². The van der Waals surface area contributed by atoms with Crippen LogP contribution in [0.5, 0.6) is 0 Å². The molecule has 3 aromatic rings. The van der Waals surface area contributed by atoms with Gasteiger partial charge < -0.3 is 20.6 Å². The van der Waals surface area contributed by atoms with E-state index in [1.807, 2.05) is 6.07 Å². The lowest BCUT2D eigenvalue weighted by atomic mass is 10.1. The summed E-state index contributed by atoms with van der Waals surface area (Å²) in [5.74, 6) is 0.682. The lowest BCUT2D eigenvalue weighted by Crippen LogP contribution is -2.22. The average Bonchev–Trinajstić information content (AvgIpc) is 3.02. The molecule has 20 heavy (non-hydrogen) atoms. The molecule has 0 atom stereocenters. The predicted octanol–water partition coefficient (Wildman–Crippen LogP) is 1.37. The van der Waals surface area contributed by atoms with Crippen molar-refractivity contribution in [1.82, 2.24) is 20.4 Å². The Kier molecular flexibility index (Phi) is 2.86. The van der Waals surface area contributed by atoms with E-state index in [2.05, 4.69) is 20.4 Å². The highest BCUT2D eigenvalue weighted by molar-refractivity contribution is 6.07. The first-order chi connectivity index (χ1) is 9.63. The zero-order chi connectivity index (χ0) is 14.1. The fraction of sp³-hybridized carbons (Fsp3) is 0.154. The number of rotatable bonds is 3. The third-order valence-electron chi connectivity index (χ3n) is 2.92. The minimum atomic E-state index is -0.224. The molecule has 2 aromatic heterocycles. The van der Waals surface area contributed by atoms with Crippen LogP contribution in [0, 0.1) is 6.92 Å². The van der Waals surface area contributed by atoms with Gasteiger partial charge in [-0.2, -0.15) is 4.98 Å². The van der Waals surface area contributed by atoms with Crippen molar-refractivity contribution >= 4 is 22.5 Å². The van der Waals surface area contributed by atoms with Crippen LogP contribution in [-0.2, 0) is 6.54 Å². The van der Waals surface area contributed by atoms with Gasteiger partial charge in [-0.1, -0.05) is 5.16 Å². The van der Waals surface area contributed by atoms with E-state index in [1.165, 1.54) is 0 Å². The van der Waals surface area contributed by atoms with E-state index in [0.717, 1.165) is 10.9 Å². The number of amides is 1. The van der Waals surface area contributed by atoms with Crippen molar-refractivity contribution < 1.29 is 9.32 Å². The van der Waals surface area contributed by atoms with Gasteiger partial charge in [0.25, 0.3) is 5.91 Å². The second-order valence-corrected chi connectivity index (χ2v) is 4.43. The van der Waals surface area contributed by atoms with E-state index in [-0.39, 0.29) is 12.5 Å². The Bertz CT molecular complexity index is 774. The van der Waals surface area contributed by atoms with Crippen molar-refractivity contribution in [3.8, 4) is 0 Å². The number of aromatic nitrogens is 3. The molecule has 0 saturated heterocycles. The summed E-state index contributed by atoms with van der Waals surface area (Å²) in [6, 6.07) is 5.38. The van der Waals surface area contributed by atoms with Gasteiger partial charge in [0.15, 0.2) is 5.82 Å². The Morgan fingerprint density at radius 3 is 3.10 bits per heavy atom. The molecule has 0 unspecified atom stereocenters. The van der Waals surface area contributed by atoms with E-state index in [1.54, 1.807) is 25.3 Å². The quantitative estimate of drug-likeness (QED) is 0.623. The molecule has 0 aliphatic rings. The highest BCUT2D eigenvalue weighted by Gasteiger charge is 2.13. The first-order valence-electron chi connectivity index (χ1n) is 6.07. The van der Waals surface area contributed by atoms with Crippen LogP contribution in [0.1, 0.15) is 22.1 Å². The molecule has 7 heteroatoms. The van der Waals surface area contributed by atoms with Crippen LogP contribution in [0.15, 0.2) is 28.9 Å². The molecular formula is C13H13N5O2. The monoisotopic (exact) mass is 271 g/mol. The molecule has 102 valence electrons. The van der Waals surface area contributed by atoms with E-state index >= 15 is 0 Å². The van der Waals surface area contributed by atoms with E-state index < -0.39 is 0 Å². The summed E-state index contributed by atoms with van der Waals surface area (Å²) in [5.41, 5.74) is 7.74. The maximum Gasteiger partial charge on any atom is 0.253 e.